The van der Waals surface area contributed by atoms with Crippen LogP contribution >= 0.6 is 11.6 Å². The summed E-state index contributed by atoms with van der Waals surface area (Å²) < 4.78 is 19.5. The number of aromatic nitrogens is 3. The number of aliphatic imine (C=N–C) groups is 1. The molecule has 30 heavy (non-hydrogen) atoms. The number of aromatic amines is 1. The summed E-state index contributed by atoms with van der Waals surface area (Å²) in [7, 11) is 0. The number of allylic oxidation sites excluding steroid dienone is 1. The highest BCUT2D eigenvalue weighted by Gasteiger charge is 2.26. The van der Waals surface area contributed by atoms with Crippen LogP contribution in [0.2, 0.25) is 0 Å². The lowest BCUT2D eigenvalue weighted by atomic mass is 10.1. The van der Waals surface area contributed by atoms with Crippen LogP contribution < -0.4 is 5.32 Å². The quantitative estimate of drug-likeness (QED) is 0.649. The molecule has 0 spiro atoms. The Bertz CT molecular complexity index is 957. The van der Waals surface area contributed by atoms with Crippen LogP contribution in [0.1, 0.15) is 32.3 Å². The maximum atomic E-state index is 14.4. The first-order valence-electron chi connectivity index (χ1n) is 9.66. The van der Waals surface area contributed by atoms with Crippen molar-refractivity contribution in [1.29, 1.82) is 0 Å². The number of carbonyl (C=O) groups is 1. The fourth-order valence-corrected chi connectivity index (χ4v) is 3.46. The van der Waals surface area contributed by atoms with Crippen molar-refractivity contribution < 1.29 is 13.9 Å². The normalized spacial score (nSPS) is 17.0. The minimum Gasteiger partial charge on any atom is -0.450 e. The van der Waals surface area contributed by atoms with Gasteiger partial charge in [0.25, 0.3) is 0 Å². The molecule has 3 heterocycles. The molecule has 1 fully saturated rings. The number of anilines is 1. The lowest BCUT2D eigenvalue weighted by Gasteiger charge is -2.32. The third-order valence-electron chi connectivity index (χ3n) is 4.67. The molecule has 0 bridgehead atoms. The fraction of sp³-hybridized carbons (Fsp3) is 0.400. The van der Waals surface area contributed by atoms with Gasteiger partial charge in [-0.25, -0.2) is 24.1 Å². The molecule has 1 saturated heterocycles. The van der Waals surface area contributed by atoms with Gasteiger partial charge in [0, 0.05) is 41.5 Å². The highest BCUT2D eigenvalue weighted by molar-refractivity contribution is 6.31. The number of ether oxygens (including phenoxy) is 1. The van der Waals surface area contributed by atoms with E-state index in [1.54, 1.807) is 31.0 Å². The van der Waals surface area contributed by atoms with Crippen LogP contribution in [0.3, 0.4) is 0 Å². The molecule has 8 nitrogen and oxygen atoms in total. The zero-order valence-electron chi connectivity index (χ0n) is 16.9. The number of carbonyl (C=O) groups excluding carboxylic acids is 1. The van der Waals surface area contributed by atoms with Gasteiger partial charge in [-0.1, -0.05) is 11.6 Å². The number of amides is 1. The van der Waals surface area contributed by atoms with Crippen molar-refractivity contribution in [3.05, 3.63) is 28.8 Å². The highest BCUT2D eigenvalue weighted by Crippen LogP contribution is 2.32. The molecule has 0 aromatic carbocycles. The van der Waals surface area contributed by atoms with E-state index in [2.05, 4.69) is 32.0 Å². The van der Waals surface area contributed by atoms with Gasteiger partial charge in [0.05, 0.1) is 12.8 Å². The molecule has 2 N–H and O–H groups in total. The number of halogens is 2. The Kier molecular flexibility index (Phi) is 7.04. The van der Waals surface area contributed by atoms with E-state index < -0.39 is 5.82 Å². The molecule has 3 rings (SSSR count). The van der Waals surface area contributed by atoms with Crippen molar-refractivity contribution in [3.63, 3.8) is 0 Å². The number of rotatable bonds is 6. The van der Waals surface area contributed by atoms with Gasteiger partial charge in [0.1, 0.15) is 5.82 Å². The summed E-state index contributed by atoms with van der Waals surface area (Å²) in [5.41, 5.74) is 1.29. The molecule has 1 aliphatic rings. The third-order valence-corrected chi connectivity index (χ3v) is 4.78. The molecule has 160 valence electrons. The van der Waals surface area contributed by atoms with Crippen LogP contribution in [0.25, 0.3) is 17.5 Å². The number of likely N-dealkylation sites (tertiary alicyclic amines) is 1. The summed E-state index contributed by atoms with van der Waals surface area (Å²) in [4.78, 5) is 29.0. The Morgan fingerprint density at radius 2 is 2.40 bits per heavy atom. The first-order chi connectivity index (χ1) is 14.4. The Labute approximate surface area is 179 Å². The van der Waals surface area contributed by atoms with Crippen molar-refractivity contribution in [3.8, 4) is 11.4 Å². The molecule has 0 saturated carbocycles. The summed E-state index contributed by atoms with van der Waals surface area (Å²) in [6, 6.07) is -0.151. The van der Waals surface area contributed by atoms with Gasteiger partial charge in [-0.2, -0.15) is 0 Å². The van der Waals surface area contributed by atoms with Gasteiger partial charge in [-0.3, -0.25) is 0 Å². The predicted octanol–water partition coefficient (Wildman–Crippen LogP) is 4.58. The largest absolute Gasteiger partial charge is 0.450 e. The minimum atomic E-state index is -0.574. The van der Waals surface area contributed by atoms with E-state index in [1.165, 1.54) is 0 Å². The molecular formula is C20H24ClFN6O2. The second-order valence-electron chi connectivity index (χ2n) is 6.87. The van der Waals surface area contributed by atoms with Crippen molar-refractivity contribution in [2.45, 2.75) is 32.7 Å². The summed E-state index contributed by atoms with van der Waals surface area (Å²) in [6.45, 7) is 8.38. The highest BCUT2D eigenvalue weighted by atomic mass is 35.5. The van der Waals surface area contributed by atoms with Crippen LogP contribution in [0.4, 0.5) is 20.8 Å². The third kappa shape index (κ3) is 4.96. The van der Waals surface area contributed by atoms with Crippen LogP contribution in [-0.4, -0.2) is 58.4 Å². The van der Waals surface area contributed by atoms with Crippen LogP contribution in [0.15, 0.2) is 22.4 Å². The summed E-state index contributed by atoms with van der Waals surface area (Å²) in [5, 5.41) is 3.65. The number of nitrogens with zero attached hydrogens (tertiary/aromatic N) is 4. The zero-order chi connectivity index (χ0) is 21.7. The summed E-state index contributed by atoms with van der Waals surface area (Å²) in [5.74, 6) is 0.329. The van der Waals surface area contributed by atoms with E-state index in [1.807, 2.05) is 0 Å². The van der Waals surface area contributed by atoms with Gasteiger partial charge in [0.15, 0.2) is 17.5 Å². The maximum Gasteiger partial charge on any atom is 0.409 e. The molecular weight excluding hydrogens is 411 g/mol. The van der Waals surface area contributed by atoms with Gasteiger partial charge in [-0.15, -0.1) is 0 Å². The Hall–Kier alpha value is -2.94. The maximum absolute atomic E-state index is 14.4. The van der Waals surface area contributed by atoms with Crippen LogP contribution in [0.5, 0.6) is 0 Å². The van der Waals surface area contributed by atoms with Gasteiger partial charge >= 0.3 is 6.09 Å². The van der Waals surface area contributed by atoms with Crippen LogP contribution in [0, 0.1) is 5.82 Å². The van der Waals surface area contributed by atoms with Crippen molar-refractivity contribution in [1.82, 2.24) is 19.9 Å². The second-order valence-corrected chi connectivity index (χ2v) is 7.47. The number of piperidine rings is 1. The Morgan fingerprint density at radius 1 is 1.60 bits per heavy atom. The number of H-pyrrole nitrogens is 1. The molecule has 10 heteroatoms. The average molecular weight is 435 g/mol. The molecule has 1 amide bonds. The molecule has 1 atom stereocenters. The van der Waals surface area contributed by atoms with E-state index in [9.17, 15) is 9.18 Å². The summed E-state index contributed by atoms with van der Waals surface area (Å²) >= 11 is 6.03. The van der Waals surface area contributed by atoms with Crippen LogP contribution in [-0.2, 0) is 4.74 Å². The molecule has 0 aliphatic carbocycles. The smallest absolute Gasteiger partial charge is 0.409 e. The number of hydrogen-bond donors (Lipinski definition) is 2. The molecule has 1 aliphatic heterocycles. The standard InChI is InChI=1S/C20H24ClFN6O2/c1-4-30-20(29)28-7-5-6-13(11-28)26-19-16(22)10-25-18(27-19)15-9-24-17(23-3)14(15)8-12(2)21/h8-10,13,24H,3-7,11H2,1-2H3,(H,25,26,27)/b12-8+/t13-/m0/s1. The average Bonchev–Trinajstić information content (AvgIpc) is 3.12. The summed E-state index contributed by atoms with van der Waals surface area (Å²) in [6.07, 6.45) is 5.71. The van der Waals surface area contributed by atoms with Crippen molar-refractivity contribution in [2.24, 2.45) is 4.99 Å². The molecule has 2 aromatic rings. The molecule has 0 unspecified atom stereocenters. The zero-order valence-corrected chi connectivity index (χ0v) is 17.7. The van der Waals surface area contributed by atoms with Gasteiger partial charge < -0.3 is 19.9 Å². The van der Waals surface area contributed by atoms with E-state index in [0.717, 1.165) is 19.0 Å². The second kappa shape index (κ2) is 9.71. The Morgan fingerprint density at radius 3 is 3.10 bits per heavy atom. The molecule has 2 aromatic heterocycles. The van der Waals surface area contributed by atoms with E-state index in [4.69, 9.17) is 16.3 Å². The lowest BCUT2D eigenvalue weighted by molar-refractivity contribution is 0.0975. The predicted molar refractivity (Wildman–Crippen MR) is 116 cm³/mol. The lowest BCUT2D eigenvalue weighted by Crippen LogP contribution is -2.45. The first-order valence-corrected chi connectivity index (χ1v) is 10.0. The van der Waals surface area contributed by atoms with Crippen molar-refractivity contribution >= 4 is 42.1 Å². The van der Waals surface area contributed by atoms with Crippen molar-refractivity contribution in [2.75, 3.05) is 25.0 Å². The number of nitrogens with one attached hydrogen (secondary N) is 2. The minimum absolute atomic E-state index is 0.0718. The number of hydrogen-bond acceptors (Lipinski definition) is 6. The van der Waals surface area contributed by atoms with E-state index >= 15 is 0 Å². The van der Waals surface area contributed by atoms with Gasteiger partial charge in [-0.05, 0) is 39.5 Å². The van der Waals surface area contributed by atoms with E-state index in [-0.39, 0.29) is 18.0 Å². The topological polar surface area (TPSA) is 95.5 Å². The van der Waals surface area contributed by atoms with Gasteiger partial charge in [0.2, 0.25) is 0 Å². The SMILES string of the molecule is C=Nc1[nH]cc(-c2ncc(F)c(N[C@H]3CCCN(C(=O)OCC)C3)n2)c1/C=C(\C)Cl. The molecule has 0 radical (unpaired) electrons. The van der Waals surface area contributed by atoms with E-state index in [0.29, 0.717) is 47.5 Å². The fourth-order valence-electron chi connectivity index (χ4n) is 3.35. The monoisotopic (exact) mass is 434 g/mol. The first kappa shape index (κ1) is 21.8. The Balaban J connectivity index is 1.85.